The van der Waals surface area contributed by atoms with E-state index in [1.165, 1.54) is 12.1 Å². The lowest BCUT2D eigenvalue weighted by Crippen LogP contribution is -2.29. The van der Waals surface area contributed by atoms with Gasteiger partial charge in [-0.25, -0.2) is 4.39 Å². The van der Waals surface area contributed by atoms with E-state index in [0.29, 0.717) is 13.0 Å². The van der Waals surface area contributed by atoms with Gasteiger partial charge in [0.2, 0.25) is 5.91 Å². The van der Waals surface area contributed by atoms with Crippen LogP contribution in [0.2, 0.25) is 0 Å². The normalized spacial score (nSPS) is 12.0. The third-order valence-electron chi connectivity index (χ3n) is 4.57. The number of hydrogen-bond donors (Lipinski definition) is 1. The zero-order valence-corrected chi connectivity index (χ0v) is 15.0. The largest absolute Gasteiger partial charge is 0.497 e. The van der Waals surface area contributed by atoms with Crippen LogP contribution in [0.5, 0.6) is 5.75 Å². The van der Waals surface area contributed by atoms with E-state index in [-0.39, 0.29) is 17.6 Å². The van der Waals surface area contributed by atoms with Crippen molar-refractivity contribution in [1.29, 1.82) is 0 Å². The Balaban J connectivity index is 1.63. The maximum Gasteiger partial charge on any atom is 0.227 e. The number of carbonyl (C=O) groups is 1. The average molecular weight is 351 g/mol. The van der Waals surface area contributed by atoms with Crippen molar-refractivity contribution in [3.63, 3.8) is 0 Å². The molecule has 4 heteroatoms. The van der Waals surface area contributed by atoms with Gasteiger partial charge in [-0.3, -0.25) is 4.79 Å². The van der Waals surface area contributed by atoms with Crippen molar-refractivity contribution in [2.24, 2.45) is 0 Å². The molecule has 0 aliphatic heterocycles. The second-order valence-corrected chi connectivity index (χ2v) is 6.37. The molecule has 0 heterocycles. The number of nitrogens with one attached hydrogen (secondary N) is 1. The molecular weight excluding hydrogens is 329 g/mol. The monoisotopic (exact) mass is 351 g/mol. The highest BCUT2D eigenvalue weighted by molar-refractivity contribution is 5.88. The van der Waals surface area contributed by atoms with Gasteiger partial charge in [-0.05, 0) is 59.5 Å². The molecule has 3 rings (SSSR count). The molecule has 0 spiro atoms. The van der Waals surface area contributed by atoms with E-state index in [1.807, 2.05) is 49.4 Å². The second kappa shape index (κ2) is 8.00. The number of rotatable bonds is 6. The Bertz CT molecular complexity index is 923. The summed E-state index contributed by atoms with van der Waals surface area (Å²) in [4.78, 5) is 12.4. The molecule has 0 bridgehead atoms. The molecule has 1 N–H and O–H groups in total. The molecule has 1 atom stereocenters. The molecule has 0 aliphatic rings. The van der Waals surface area contributed by atoms with Gasteiger partial charge < -0.3 is 10.1 Å². The minimum Gasteiger partial charge on any atom is -0.497 e. The van der Waals surface area contributed by atoms with Gasteiger partial charge in [-0.2, -0.15) is 0 Å². The number of benzene rings is 3. The Labute approximate surface area is 152 Å². The highest BCUT2D eigenvalue weighted by atomic mass is 19.1. The number of halogens is 1. The molecule has 0 radical (unpaired) electrons. The minimum atomic E-state index is -0.256. The number of amides is 1. The smallest absolute Gasteiger partial charge is 0.227 e. The van der Waals surface area contributed by atoms with E-state index < -0.39 is 0 Å². The summed E-state index contributed by atoms with van der Waals surface area (Å²) in [5.74, 6) is 0.270. The second-order valence-electron chi connectivity index (χ2n) is 6.37. The summed E-state index contributed by atoms with van der Waals surface area (Å²) < 4.78 is 18.4. The van der Waals surface area contributed by atoms with Crippen LogP contribution < -0.4 is 10.1 Å². The maximum absolute atomic E-state index is 13.2. The third kappa shape index (κ3) is 4.20. The highest BCUT2D eigenvalue weighted by Crippen LogP contribution is 2.25. The molecule has 0 saturated carbocycles. The molecule has 0 saturated heterocycles. The first kappa shape index (κ1) is 17.9. The molecule has 3 nitrogen and oxygen atoms in total. The summed E-state index contributed by atoms with van der Waals surface area (Å²) >= 11 is 0. The van der Waals surface area contributed by atoms with Crippen LogP contribution in [0.15, 0.2) is 60.7 Å². The molecule has 1 amide bonds. The van der Waals surface area contributed by atoms with Crippen molar-refractivity contribution in [3.05, 3.63) is 77.6 Å². The standard InChI is InChI=1S/C22H22FNO2/c1-15(22(25)24-11-10-16-4-3-5-20(23)12-16)17-6-7-19-14-21(26-2)9-8-18(19)13-17/h3-9,12-15H,10-11H2,1-2H3,(H,24,25)/t15-/m0/s1. The van der Waals surface area contributed by atoms with Crippen molar-refractivity contribution in [2.75, 3.05) is 13.7 Å². The SMILES string of the molecule is COc1ccc2cc([C@H](C)C(=O)NCCc3cccc(F)c3)ccc2c1. The van der Waals surface area contributed by atoms with Crippen molar-refractivity contribution in [3.8, 4) is 5.75 Å². The van der Waals surface area contributed by atoms with Crippen LogP contribution in [-0.4, -0.2) is 19.6 Å². The van der Waals surface area contributed by atoms with E-state index in [2.05, 4.69) is 5.32 Å². The van der Waals surface area contributed by atoms with Crippen LogP contribution in [0.4, 0.5) is 4.39 Å². The molecule has 134 valence electrons. The van der Waals surface area contributed by atoms with Gasteiger partial charge in [0.1, 0.15) is 11.6 Å². The quantitative estimate of drug-likeness (QED) is 0.712. The summed E-state index contributed by atoms with van der Waals surface area (Å²) in [5, 5.41) is 5.08. The lowest BCUT2D eigenvalue weighted by atomic mass is 9.97. The van der Waals surface area contributed by atoms with Gasteiger partial charge in [0, 0.05) is 6.54 Å². The summed E-state index contributed by atoms with van der Waals surface area (Å²) in [6.07, 6.45) is 0.605. The van der Waals surface area contributed by atoms with Crippen molar-refractivity contribution >= 4 is 16.7 Å². The van der Waals surface area contributed by atoms with Crippen molar-refractivity contribution in [2.45, 2.75) is 19.3 Å². The number of ether oxygens (including phenoxy) is 1. The zero-order chi connectivity index (χ0) is 18.5. The number of carbonyl (C=O) groups excluding carboxylic acids is 1. The fourth-order valence-corrected chi connectivity index (χ4v) is 2.97. The molecule has 0 aliphatic carbocycles. The Morgan fingerprint density at radius 2 is 1.85 bits per heavy atom. The van der Waals surface area contributed by atoms with Crippen LogP contribution in [0.3, 0.4) is 0 Å². The van der Waals surface area contributed by atoms with E-state index in [9.17, 15) is 9.18 Å². The van der Waals surface area contributed by atoms with Crippen LogP contribution >= 0.6 is 0 Å². The summed E-state index contributed by atoms with van der Waals surface area (Å²) in [6.45, 7) is 2.37. The average Bonchev–Trinajstić information content (AvgIpc) is 2.66. The Hall–Kier alpha value is -2.88. The highest BCUT2D eigenvalue weighted by Gasteiger charge is 2.15. The maximum atomic E-state index is 13.2. The Morgan fingerprint density at radius 1 is 1.08 bits per heavy atom. The molecule has 0 unspecified atom stereocenters. The summed E-state index contributed by atoms with van der Waals surface area (Å²) in [7, 11) is 1.64. The Morgan fingerprint density at radius 3 is 2.62 bits per heavy atom. The van der Waals surface area contributed by atoms with Gasteiger partial charge in [0.15, 0.2) is 0 Å². The topological polar surface area (TPSA) is 38.3 Å². The molecular formula is C22H22FNO2. The van der Waals surface area contributed by atoms with Gasteiger partial charge in [0.25, 0.3) is 0 Å². The third-order valence-corrected chi connectivity index (χ3v) is 4.57. The molecule has 3 aromatic rings. The Kier molecular flexibility index (Phi) is 5.52. The predicted molar refractivity (Wildman–Crippen MR) is 102 cm³/mol. The van der Waals surface area contributed by atoms with Crippen LogP contribution in [0.25, 0.3) is 10.8 Å². The first-order chi connectivity index (χ1) is 12.6. The van der Waals surface area contributed by atoms with Crippen molar-refractivity contribution < 1.29 is 13.9 Å². The van der Waals surface area contributed by atoms with E-state index in [4.69, 9.17) is 4.74 Å². The van der Waals surface area contributed by atoms with Gasteiger partial charge >= 0.3 is 0 Å². The van der Waals surface area contributed by atoms with Crippen molar-refractivity contribution in [1.82, 2.24) is 5.32 Å². The van der Waals surface area contributed by atoms with Gasteiger partial charge in [-0.15, -0.1) is 0 Å². The molecule has 0 aromatic heterocycles. The zero-order valence-electron chi connectivity index (χ0n) is 15.0. The van der Waals surface area contributed by atoms with Gasteiger partial charge in [-0.1, -0.05) is 36.4 Å². The van der Waals surface area contributed by atoms with Gasteiger partial charge in [0.05, 0.1) is 13.0 Å². The van der Waals surface area contributed by atoms with E-state index in [0.717, 1.165) is 27.6 Å². The molecule has 0 fully saturated rings. The summed E-state index contributed by atoms with van der Waals surface area (Å²) in [5.41, 5.74) is 1.84. The predicted octanol–water partition coefficient (Wildman–Crippen LogP) is 4.45. The number of hydrogen-bond acceptors (Lipinski definition) is 2. The fourth-order valence-electron chi connectivity index (χ4n) is 2.97. The van der Waals surface area contributed by atoms with Crippen LogP contribution in [0, 0.1) is 5.82 Å². The van der Waals surface area contributed by atoms with Crippen LogP contribution in [-0.2, 0) is 11.2 Å². The van der Waals surface area contributed by atoms with E-state index >= 15 is 0 Å². The summed E-state index contributed by atoms with van der Waals surface area (Å²) in [6, 6.07) is 18.3. The first-order valence-corrected chi connectivity index (χ1v) is 8.66. The minimum absolute atomic E-state index is 0.0331. The number of methoxy groups -OCH3 is 1. The van der Waals surface area contributed by atoms with E-state index in [1.54, 1.807) is 13.2 Å². The first-order valence-electron chi connectivity index (χ1n) is 8.66. The fraction of sp³-hybridized carbons (Fsp3) is 0.227. The lowest BCUT2D eigenvalue weighted by Gasteiger charge is -2.14. The lowest BCUT2D eigenvalue weighted by molar-refractivity contribution is -0.122. The molecule has 3 aromatic carbocycles. The number of fused-ring (bicyclic) bond motifs is 1. The molecule has 26 heavy (non-hydrogen) atoms. The van der Waals surface area contributed by atoms with Crippen LogP contribution in [0.1, 0.15) is 24.0 Å².